The van der Waals surface area contributed by atoms with E-state index >= 15 is 0 Å². The van der Waals surface area contributed by atoms with E-state index in [1.165, 1.54) is 0 Å². The molecule has 0 spiro atoms. The van der Waals surface area contributed by atoms with Crippen molar-refractivity contribution >= 4 is 5.96 Å². The number of aliphatic imine (C=N–C) groups is 1. The van der Waals surface area contributed by atoms with Gasteiger partial charge in [0.05, 0.1) is 26.6 Å². The molecule has 0 bridgehead atoms. The van der Waals surface area contributed by atoms with Gasteiger partial charge >= 0.3 is 6.18 Å². The van der Waals surface area contributed by atoms with Gasteiger partial charge in [-0.05, 0) is 19.1 Å². The molecule has 0 heterocycles. The summed E-state index contributed by atoms with van der Waals surface area (Å²) in [6, 6.07) is 7.17. The van der Waals surface area contributed by atoms with E-state index in [-0.39, 0.29) is 6.54 Å². The van der Waals surface area contributed by atoms with Crippen LogP contribution in [0.1, 0.15) is 13.3 Å². The van der Waals surface area contributed by atoms with Crippen LogP contribution in [0.25, 0.3) is 0 Å². The van der Waals surface area contributed by atoms with E-state index in [0.29, 0.717) is 37.2 Å². The number of ether oxygens (including phenoxy) is 2. The second-order valence-electron chi connectivity index (χ2n) is 4.58. The van der Waals surface area contributed by atoms with E-state index in [0.717, 1.165) is 0 Å². The van der Waals surface area contributed by atoms with Gasteiger partial charge in [0, 0.05) is 12.6 Å². The zero-order valence-electron chi connectivity index (χ0n) is 13.2. The summed E-state index contributed by atoms with van der Waals surface area (Å²) in [7, 11) is 1.57. The fourth-order valence-electron chi connectivity index (χ4n) is 1.67. The first-order valence-corrected chi connectivity index (χ1v) is 7.30. The molecule has 1 aromatic carbocycles. The Bertz CT molecular complexity index is 493. The van der Waals surface area contributed by atoms with Gasteiger partial charge in [-0.2, -0.15) is 13.2 Å². The van der Waals surface area contributed by atoms with Gasteiger partial charge in [0.1, 0.15) is 18.1 Å². The van der Waals surface area contributed by atoms with Crippen LogP contribution in [0.4, 0.5) is 13.2 Å². The first-order valence-electron chi connectivity index (χ1n) is 7.30. The van der Waals surface area contributed by atoms with Gasteiger partial charge < -0.3 is 20.1 Å². The van der Waals surface area contributed by atoms with Gasteiger partial charge in [-0.25, -0.2) is 0 Å². The van der Waals surface area contributed by atoms with E-state index in [1.54, 1.807) is 19.2 Å². The third kappa shape index (κ3) is 8.80. The Hall–Kier alpha value is -2.12. The minimum Gasteiger partial charge on any atom is -0.497 e. The molecule has 130 valence electrons. The van der Waals surface area contributed by atoms with E-state index in [2.05, 4.69) is 15.6 Å². The van der Waals surface area contributed by atoms with Gasteiger partial charge in [0.2, 0.25) is 0 Å². The number of hydrogen-bond donors (Lipinski definition) is 2. The number of nitrogens with zero attached hydrogens (tertiary/aromatic N) is 1. The molecule has 0 saturated heterocycles. The average Bonchev–Trinajstić information content (AvgIpc) is 2.50. The highest BCUT2D eigenvalue weighted by Gasteiger charge is 2.26. The zero-order valence-corrected chi connectivity index (χ0v) is 13.2. The van der Waals surface area contributed by atoms with Crippen molar-refractivity contribution < 1.29 is 22.6 Å². The molecule has 1 rings (SSSR count). The number of rotatable bonds is 8. The van der Waals surface area contributed by atoms with Crippen LogP contribution in [-0.4, -0.2) is 45.5 Å². The predicted octanol–water partition coefficient (Wildman–Crippen LogP) is 2.58. The molecule has 2 N–H and O–H groups in total. The molecule has 8 heteroatoms. The summed E-state index contributed by atoms with van der Waals surface area (Å²) < 4.78 is 46.9. The lowest BCUT2D eigenvalue weighted by Gasteiger charge is -2.12. The number of methoxy groups -OCH3 is 1. The smallest absolute Gasteiger partial charge is 0.390 e. The highest BCUT2D eigenvalue weighted by Crippen LogP contribution is 2.19. The maximum absolute atomic E-state index is 12.1. The van der Waals surface area contributed by atoms with Crippen LogP contribution in [-0.2, 0) is 0 Å². The van der Waals surface area contributed by atoms with E-state index in [1.807, 2.05) is 19.1 Å². The lowest BCUT2D eigenvalue weighted by atomic mass is 10.3. The quantitative estimate of drug-likeness (QED) is 0.436. The minimum atomic E-state index is -4.20. The average molecular weight is 333 g/mol. The normalized spacial score (nSPS) is 12.0. The third-order valence-corrected chi connectivity index (χ3v) is 2.71. The Balaban J connectivity index is 2.35. The summed E-state index contributed by atoms with van der Waals surface area (Å²) in [6.07, 6.45) is -5.14. The number of hydrogen-bond acceptors (Lipinski definition) is 3. The fraction of sp³-hybridized carbons (Fsp3) is 0.533. The summed E-state index contributed by atoms with van der Waals surface area (Å²) in [6.45, 7) is 2.85. The number of alkyl halides is 3. The maximum Gasteiger partial charge on any atom is 0.390 e. The molecule has 1 aromatic rings. The molecule has 0 aliphatic rings. The Morgan fingerprint density at radius 3 is 2.61 bits per heavy atom. The van der Waals surface area contributed by atoms with Crippen molar-refractivity contribution in [2.24, 2.45) is 4.99 Å². The van der Waals surface area contributed by atoms with Gasteiger partial charge in [0.15, 0.2) is 5.96 Å². The van der Waals surface area contributed by atoms with Gasteiger partial charge in [-0.1, -0.05) is 6.07 Å². The Kier molecular flexibility index (Phi) is 8.07. The monoisotopic (exact) mass is 333 g/mol. The van der Waals surface area contributed by atoms with Crippen molar-refractivity contribution in [2.45, 2.75) is 19.5 Å². The molecule has 0 saturated carbocycles. The van der Waals surface area contributed by atoms with E-state index < -0.39 is 12.6 Å². The molecule has 0 atom stereocenters. The molecule has 0 radical (unpaired) electrons. The zero-order chi connectivity index (χ0) is 17.1. The summed E-state index contributed by atoms with van der Waals surface area (Å²) in [5.74, 6) is 1.69. The Morgan fingerprint density at radius 2 is 1.96 bits per heavy atom. The number of benzene rings is 1. The molecule has 0 aliphatic carbocycles. The highest BCUT2D eigenvalue weighted by molar-refractivity contribution is 5.79. The lowest BCUT2D eigenvalue weighted by molar-refractivity contribution is -0.132. The summed E-state index contributed by atoms with van der Waals surface area (Å²) in [5.41, 5.74) is 0. The SMILES string of the molecule is CCNC(=NCCC(F)(F)F)NCCOc1cccc(OC)c1. The molecule has 0 unspecified atom stereocenters. The molecular weight excluding hydrogens is 311 g/mol. The maximum atomic E-state index is 12.1. The van der Waals surface area contributed by atoms with Gasteiger partial charge in [-0.3, -0.25) is 4.99 Å². The molecule has 0 aromatic heterocycles. The Labute approximate surface area is 133 Å². The fourth-order valence-corrected chi connectivity index (χ4v) is 1.67. The predicted molar refractivity (Wildman–Crippen MR) is 83.1 cm³/mol. The first kappa shape index (κ1) is 18.9. The van der Waals surface area contributed by atoms with Crippen LogP contribution in [0.15, 0.2) is 29.3 Å². The van der Waals surface area contributed by atoms with Crippen molar-refractivity contribution in [3.8, 4) is 11.5 Å². The third-order valence-electron chi connectivity index (χ3n) is 2.71. The van der Waals surface area contributed by atoms with Crippen molar-refractivity contribution in [3.05, 3.63) is 24.3 Å². The van der Waals surface area contributed by atoms with Crippen molar-refractivity contribution in [3.63, 3.8) is 0 Å². The number of nitrogens with one attached hydrogen (secondary N) is 2. The topological polar surface area (TPSA) is 54.9 Å². The highest BCUT2D eigenvalue weighted by atomic mass is 19.4. The van der Waals surface area contributed by atoms with Gasteiger partial charge in [0.25, 0.3) is 0 Å². The molecule has 0 aliphatic heterocycles. The van der Waals surface area contributed by atoms with Crippen LogP contribution < -0.4 is 20.1 Å². The van der Waals surface area contributed by atoms with Crippen LogP contribution >= 0.6 is 0 Å². The molecule has 0 fully saturated rings. The minimum absolute atomic E-state index is 0.310. The van der Waals surface area contributed by atoms with Gasteiger partial charge in [-0.15, -0.1) is 0 Å². The van der Waals surface area contributed by atoms with Crippen molar-refractivity contribution in [1.82, 2.24) is 10.6 Å². The van der Waals surface area contributed by atoms with Crippen LogP contribution in [0, 0.1) is 0 Å². The molecule has 5 nitrogen and oxygen atoms in total. The molecule has 0 amide bonds. The first-order chi connectivity index (χ1) is 10.9. The van der Waals surface area contributed by atoms with E-state index in [9.17, 15) is 13.2 Å². The van der Waals surface area contributed by atoms with Crippen LogP contribution in [0.2, 0.25) is 0 Å². The lowest BCUT2D eigenvalue weighted by Crippen LogP contribution is -2.39. The summed E-state index contributed by atoms with van der Waals surface area (Å²) in [5, 5.41) is 5.80. The number of guanidine groups is 1. The molecular formula is C15H22F3N3O2. The second-order valence-corrected chi connectivity index (χ2v) is 4.58. The summed E-state index contributed by atoms with van der Waals surface area (Å²) >= 11 is 0. The Morgan fingerprint density at radius 1 is 1.22 bits per heavy atom. The van der Waals surface area contributed by atoms with Crippen molar-refractivity contribution in [2.75, 3.05) is 33.4 Å². The number of halogens is 3. The molecule has 23 heavy (non-hydrogen) atoms. The van der Waals surface area contributed by atoms with Crippen molar-refractivity contribution in [1.29, 1.82) is 0 Å². The summed E-state index contributed by atoms with van der Waals surface area (Å²) in [4.78, 5) is 3.87. The largest absolute Gasteiger partial charge is 0.497 e. The van der Waals surface area contributed by atoms with Crippen LogP contribution in [0.3, 0.4) is 0 Å². The second kappa shape index (κ2) is 9.81. The standard InChI is InChI=1S/C15H22F3N3O2/c1-3-19-14(20-8-7-15(16,17)18)21-9-10-23-13-6-4-5-12(11-13)22-2/h4-6,11H,3,7-10H2,1-2H3,(H2,19,20,21). The van der Waals surface area contributed by atoms with Crippen LogP contribution in [0.5, 0.6) is 11.5 Å². The van der Waals surface area contributed by atoms with E-state index in [4.69, 9.17) is 9.47 Å².